The first-order valence-corrected chi connectivity index (χ1v) is 14.4. The third kappa shape index (κ3) is 25.4. The molecule has 0 heterocycles. The average Bonchev–Trinajstić information content (AvgIpc) is 2.86. The number of unbranched alkanes of at least 4 members (excludes halogenated alkanes) is 16. The van der Waals surface area contributed by atoms with Gasteiger partial charge in [0.25, 0.3) is 0 Å². The van der Waals surface area contributed by atoms with E-state index in [0.29, 0.717) is 13.2 Å². The molecule has 1 atom stereocenters. The van der Waals surface area contributed by atoms with Gasteiger partial charge in [-0.3, -0.25) is 0 Å². The Labute approximate surface area is 215 Å². The highest BCUT2D eigenvalue weighted by Gasteiger charge is 2.17. The van der Waals surface area contributed by atoms with E-state index < -0.39 is 18.4 Å². The summed E-state index contributed by atoms with van der Waals surface area (Å²) in [5, 5.41) is 2.76. The van der Waals surface area contributed by atoms with Crippen LogP contribution in [0, 0.1) is 0 Å². The molecule has 0 aromatic carbocycles. The van der Waals surface area contributed by atoms with Crippen LogP contribution in [0.15, 0.2) is 0 Å². The second-order valence-electron chi connectivity index (χ2n) is 9.45. The lowest BCUT2D eigenvalue weighted by molar-refractivity contribution is -0.0341. The number of nitrogens with one attached hydrogen (secondary N) is 1. The van der Waals surface area contributed by atoms with E-state index in [4.69, 9.17) is 14.2 Å². The molecule has 7 heteroatoms. The molecule has 0 aliphatic heterocycles. The van der Waals surface area contributed by atoms with E-state index >= 15 is 0 Å². The predicted molar refractivity (Wildman–Crippen MR) is 142 cm³/mol. The Morgan fingerprint density at radius 1 is 0.657 bits per heavy atom. The van der Waals surface area contributed by atoms with Gasteiger partial charge < -0.3 is 24.3 Å². The average molecular weight is 502 g/mol. The topological polar surface area (TPSA) is 83.1 Å². The Hall–Kier alpha value is -1.50. The number of amides is 1. The molecule has 0 aromatic rings. The number of methoxy groups -OCH3 is 1. The maximum Gasteiger partial charge on any atom is 0.508 e. The second-order valence-corrected chi connectivity index (χ2v) is 9.45. The smallest absolute Gasteiger partial charge is 0.446 e. The van der Waals surface area contributed by atoms with Crippen LogP contribution in [-0.2, 0) is 18.9 Å². The van der Waals surface area contributed by atoms with Crippen molar-refractivity contribution < 1.29 is 28.5 Å². The fourth-order valence-electron chi connectivity index (χ4n) is 3.84. The Morgan fingerprint density at radius 3 is 1.63 bits per heavy atom. The van der Waals surface area contributed by atoms with E-state index in [1.165, 1.54) is 97.0 Å². The van der Waals surface area contributed by atoms with E-state index in [1.54, 1.807) is 0 Å². The van der Waals surface area contributed by atoms with Crippen molar-refractivity contribution in [3.8, 4) is 0 Å². The van der Waals surface area contributed by atoms with Crippen LogP contribution in [0.1, 0.15) is 129 Å². The molecule has 0 radical (unpaired) electrons. The van der Waals surface area contributed by atoms with Gasteiger partial charge in [0, 0.05) is 13.2 Å². The molecule has 1 unspecified atom stereocenters. The van der Waals surface area contributed by atoms with Crippen molar-refractivity contribution in [2.24, 2.45) is 0 Å². The molecule has 0 bridgehead atoms. The van der Waals surface area contributed by atoms with Crippen LogP contribution in [0.5, 0.6) is 0 Å². The van der Waals surface area contributed by atoms with Crippen LogP contribution in [0.3, 0.4) is 0 Å². The minimum absolute atomic E-state index is 0.0635. The molecule has 0 saturated heterocycles. The molecule has 0 fully saturated rings. The van der Waals surface area contributed by atoms with Gasteiger partial charge in [-0.2, -0.15) is 0 Å². The lowest BCUT2D eigenvalue weighted by Gasteiger charge is -2.17. The number of alkyl carbamates (subject to hydrolysis) is 1. The van der Waals surface area contributed by atoms with E-state index in [9.17, 15) is 9.59 Å². The molecule has 1 amide bonds. The minimum Gasteiger partial charge on any atom is -0.446 e. The van der Waals surface area contributed by atoms with Crippen LogP contribution in [0.25, 0.3) is 0 Å². The SMILES string of the molecule is CCCCCCCCCCCCCCCCCCNC(=O)OCC(COCCCC)OC(=O)OC. The standard InChI is InChI=1S/C28H55NO6/c1-4-6-8-9-10-11-12-13-14-15-16-17-18-19-20-21-22-29-27(30)34-25-26(35-28(31)32-3)24-33-23-7-5-2/h26H,4-25H2,1-3H3,(H,29,30). The summed E-state index contributed by atoms with van der Waals surface area (Å²) >= 11 is 0. The summed E-state index contributed by atoms with van der Waals surface area (Å²) in [5.74, 6) is 0. The highest BCUT2D eigenvalue weighted by atomic mass is 16.7. The zero-order chi connectivity index (χ0) is 25.8. The molecule has 1 N–H and O–H groups in total. The maximum absolute atomic E-state index is 11.9. The molecule has 0 aliphatic carbocycles. The van der Waals surface area contributed by atoms with Crippen LogP contribution in [0.4, 0.5) is 9.59 Å². The number of hydrogen-bond acceptors (Lipinski definition) is 6. The minimum atomic E-state index is -0.814. The van der Waals surface area contributed by atoms with Crippen molar-refractivity contribution >= 4 is 12.2 Å². The van der Waals surface area contributed by atoms with Crippen molar-refractivity contribution in [3.63, 3.8) is 0 Å². The summed E-state index contributed by atoms with van der Waals surface area (Å²) < 4.78 is 20.2. The quantitative estimate of drug-likeness (QED) is 0.101. The number of ether oxygens (including phenoxy) is 4. The van der Waals surface area contributed by atoms with Gasteiger partial charge in [0.05, 0.1) is 13.7 Å². The van der Waals surface area contributed by atoms with Crippen LogP contribution in [-0.4, -0.2) is 51.8 Å². The third-order valence-corrected chi connectivity index (χ3v) is 6.08. The summed E-state index contributed by atoms with van der Waals surface area (Å²) in [7, 11) is 1.24. The van der Waals surface area contributed by atoms with E-state index in [0.717, 1.165) is 25.7 Å². The third-order valence-electron chi connectivity index (χ3n) is 6.08. The van der Waals surface area contributed by atoms with Gasteiger partial charge >= 0.3 is 12.2 Å². The lowest BCUT2D eigenvalue weighted by Crippen LogP contribution is -2.33. The summed E-state index contributed by atoms with van der Waals surface area (Å²) in [6.45, 7) is 5.61. The van der Waals surface area contributed by atoms with E-state index in [2.05, 4.69) is 23.9 Å². The van der Waals surface area contributed by atoms with E-state index in [-0.39, 0.29) is 13.2 Å². The molecular formula is C28H55NO6. The van der Waals surface area contributed by atoms with Crippen molar-refractivity contribution in [1.82, 2.24) is 5.32 Å². The fourth-order valence-corrected chi connectivity index (χ4v) is 3.84. The van der Waals surface area contributed by atoms with Gasteiger partial charge in [0.2, 0.25) is 0 Å². The van der Waals surface area contributed by atoms with Crippen molar-refractivity contribution in [3.05, 3.63) is 0 Å². The second kappa shape index (κ2) is 27.1. The predicted octanol–water partition coefficient (Wildman–Crippen LogP) is 7.94. The zero-order valence-corrected chi connectivity index (χ0v) is 23.1. The normalized spacial score (nSPS) is 11.7. The number of rotatable bonds is 25. The highest BCUT2D eigenvalue weighted by molar-refractivity contribution is 5.67. The monoisotopic (exact) mass is 501 g/mol. The molecule has 0 spiro atoms. The molecule has 0 aliphatic rings. The van der Waals surface area contributed by atoms with Crippen LogP contribution >= 0.6 is 0 Å². The van der Waals surface area contributed by atoms with Crippen LogP contribution < -0.4 is 5.32 Å². The lowest BCUT2D eigenvalue weighted by atomic mass is 10.0. The van der Waals surface area contributed by atoms with Gasteiger partial charge in [0.15, 0.2) is 6.10 Å². The summed E-state index contributed by atoms with van der Waals surface area (Å²) in [4.78, 5) is 23.2. The summed E-state index contributed by atoms with van der Waals surface area (Å²) in [6.07, 6.45) is 21.1. The van der Waals surface area contributed by atoms with Crippen molar-refractivity contribution in [2.45, 2.75) is 136 Å². The zero-order valence-electron chi connectivity index (χ0n) is 23.1. The maximum atomic E-state index is 11.9. The number of carbonyl (C=O) groups is 2. The fraction of sp³-hybridized carbons (Fsp3) is 0.929. The van der Waals surface area contributed by atoms with Crippen molar-refractivity contribution in [1.29, 1.82) is 0 Å². The summed E-state index contributed by atoms with van der Waals surface area (Å²) in [6, 6.07) is 0. The number of hydrogen-bond donors (Lipinski definition) is 1. The molecule has 0 aromatic heterocycles. The van der Waals surface area contributed by atoms with Gasteiger partial charge in [-0.05, 0) is 12.8 Å². The Morgan fingerprint density at radius 2 is 1.14 bits per heavy atom. The first-order chi connectivity index (χ1) is 17.1. The molecular weight excluding hydrogens is 446 g/mol. The van der Waals surface area contributed by atoms with Crippen LogP contribution in [0.2, 0.25) is 0 Å². The highest BCUT2D eigenvalue weighted by Crippen LogP contribution is 2.13. The largest absolute Gasteiger partial charge is 0.508 e. The van der Waals surface area contributed by atoms with Gasteiger partial charge in [-0.25, -0.2) is 9.59 Å². The van der Waals surface area contributed by atoms with Gasteiger partial charge in [0.1, 0.15) is 6.61 Å². The molecule has 35 heavy (non-hydrogen) atoms. The van der Waals surface area contributed by atoms with Crippen molar-refractivity contribution in [2.75, 3.05) is 33.5 Å². The van der Waals surface area contributed by atoms with Gasteiger partial charge in [-0.1, -0.05) is 117 Å². The molecule has 208 valence electrons. The number of carbonyl (C=O) groups excluding carboxylic acids is 2. The molecule has 0 saturated carbocycles. The summed E-state index contributed by atoms with van der Waals surface area (Å²) in [5.41, 5.74) is 0. The molecule has 0 rings (SSSR count). The Balaban J connectivity index is 3.53. The Bertz CT molecular complexity index is 474. The Kier molecular flexibility index (Phi) is 25.9. The van der Waals surface area contributed by atoms with Gasteiger partial charge in [-0.15, -0.1) is 0 Å². The van der Waals surface area contributed by atoms with E-state index in [1.807, 2.05) is 0 Å². The molecule has 7 nitrogen and oxygen atoms in total. The first-order valence-electron chi connectivity index (χ1n) is 14.4. The first kappa shape index (κ1) is 33.5.